The largest absolute Gasteiger partial charge is 0.352 e. The fourth-order valence-electron chi connectivity index (χ4n) is 4.02. The lowest BCUT2D eigenvalue weighted by Crippen LogP contribution is -2.52. The van der Waals surface area contributed by atoms with Crippen LogP contribution in [0.5, 0.6) is 0 Å². The molecule has 0 spiro atoms. The highest BCUT2D eigenvalue weighted by molar-refractivity contribution is 7.89. The highest BCUT2D eigenvalue weighted by Crippen LogP contribution is 2.20. The van der Waals surface area contributed by atoms with Crippen molar-refractivity contribution in [1.29, 1.82) is 0 Å². The fraction of sp³-hybridized carbons (Fsp3) is 0.269. The quantitative estimate of drug-likeness (QED) is 0.502. The molecule has 33 heavy (non-hydrogen) atoms. The molecule has 0 radical (unpaired) electrons. The van der Waals surface area contributed by atoms with Gasteiger partial charge in [0.1, 0.15) is 0 Å². The molecule has 1 amide bonds. The van der Waals surface area contributed by atoms with Gasteiger partial charge in [-0.25, -0.2) is 13.1 Å². The molecule has 1 aliphatic heterocycles. The molecule has 1 heterocycles. The van der Waals surface area contributed by atoms with Gasteiger partial charge >= 0.3 is 0 Å². The minimum absolute atomic E-state index is 0.0751. The predicted octanol–water partition coefficient (Wildman–Crippen LogP) is 3.23. The molecule has 7 heteroatoms. The molecule has 3 N–H and O–H groups in total. The Bertz CT molecular complexity index is 1180. The van der Waals surface area contributed by atoms with Crippen molar-refractivity contribution < 1.29 is 13.2 Å². The van der Waals surface area contributed by atoms with Crippen LogP contribution in [0.1, 0.15) is 17.5 Å². The first-order valence-corrected chi connectivity index (χ1v) is 12.6. The van der Waals surface area contributed by atoms with E-state index in [9.17, 15) is 13.2 Å². The molecule has 0 saturated carbocycles. The molecule has 1 fully saturated rings. The molecular formula is C26H29N3O3S. The van der Waals surface area contributed by atoms with E-state index in [1.54, 1.807) is 24.3 Å². The Balaban J connectivity index is 1.31. The summed E-state index contributed by atoms with van der Waals surface area (Å²) >= 11 is 0. The van der Waals surface area contributed by atoms with Crippen molar-refractivity contribution in [3.05, 3.63) is 90.0 Å². The summed E-state index contributed by atoms with van der Waals surface area (Å²) < 4.78 is 28.1. The van der Waals surface area contributed by atoms with Gasteiger partial charge in [0.25, 0.3) is 0 Å². The molecular weight excluding hydrogens is 434 g/mol. The number of aryl methyl sites for hydroxylation is 1. The number of piperidine rings is 1. The highest BCUT2D eigenvalue weighted by Gasteiger charge is 2.30. The number of amides is 1. The standard InChI is InChI=1S/C26H29N3O3S/c1-19-7-13-25(14-8-19)33(31,32)29-24-15-23(17-27-18-24)26(30)28-16-20-9-11-22(12-10-20)21-5-3-2-4-6-21/h2-14,23-24,27,29H,15-18H2,1H3,(H,28,30)/t23-,24+/m0/s1. The zero-order valence-corrected chi connectivity index (χ0v) is 19.4. The summed E-state index contributed by atoms with van der Waals surface area (Å²) in [4.78, 5) is 13.0. The van der Waals surface area contributed by atoms with E-state index in [0.717, 1.165) is 22.3 Å². The lowest BCUT2D eigenvalue weighted by atomic mass is 9.95. The van der Waals surface area contributed by atoms with Gasteiger partial charge in [-0.3, -0.25) is 4.79 Å². The number of carbonyl (C=O) groups is 1. The second kappa shape index (κ2) is 10.3. The van der Waals surface area contributed by atoms with Crippen LogP contribution in [0.3, 0.4) is 0 Å². The lowest BCUT2D eigenvalue weighted by molar-refractivity contribution is -0.125. The molecule has 6 nitrogen and oxygen atoms in total. The van der Waals surface area contributed by atoms with E-state index in [0.29, 0.717) is 26.1 Å². The third-order valence-electron chi connectivity index (χ3n) is 5.90. The van der Waals surface area contributed by atoms with Gasteiger partial charge in [0.05, 0.1) is 10.8 Å². The summed E-state index contributed by atoms with van der Waals surface area (Å²) in [5.41, 5.74) is 4.30. The van der Waals surface area contributed by atoms with Crippen LogP contribution in [0.4, 0.5) is 0 Å². The van der Waals surface area contributed by atoms with Crippen molar-refractivity contribution in [2.75, 3.05) is 13.1 Å². The van der Waals surface area contributed by atoms with Gasteiger partial charge in [-0.15, -0.1) is 0 Å². The molecule has 0 aromatic heterocycles. The second-order valence-corrected chi connectivity index (χ2v) is 10.2. The van der Waals surface area contributed by atoms with E-state index in [1.807, 2.05) is 37.3 Å². The van der Waals surface area contributed by atoms with Crippen LogP contribution in [-0.2, 0) is 21.4 Å². The predicted molar refractivity (Wildman–Crippen MR) is 130 cm³/mol. The number of rotatable bonds is 7. The molecule has 0 unspecified atom stereocenters. The van der Waals surface area contributed by atoms with E-state index in [-0.39, 0.29) is 22.8 Å². The fourth-order valence-corrected chi connectivity index (χ4v) is 5.26. The van der Waals surface area contributed by atoms with E-state index >= 15 is 0 Å². The number of benzene rings is 3. The lowest BCUT2D eigenvalue weighted by Gasteiger charge is -2.29. The van der Waals surface area contributed by atoms with Gasteiger partial charge in [0.15, 0.2) is 0 Å². The van der Waals surface area contributed by atoms with Crippen molar-refractivity contribution in [3.63, 3.8) is 0 Å². The van der Waals surface area contributed by atoms with Crippen LogP contribution in [0, 0.1) is 12.8 Å². The topological polar surface area (TPSA) is 87.3 Å². The van der Waals surface area contributed by atoms with Crippen molar-refractivity contribution in [1.82, 2.24) is 15.4 Å². The second-order valence-electron chi connectivity index (χ2n) is 8.50. The Hall–Kier alpha value is -3.00. The smallest absolute Gasteiger partial charge is 0.240 e. The van der Waals surface area contributed by atoms with Crippen LogP contribution >= 0.6 is 0 Å². The summed E-state index contributed by atoms with van der Waals surface area (Å²) in [6, 6.07) is 24.7. The normalized spacial score (nSPS) is 18.6. The molecule has 172 valence electrons. The van der Waals surface area contributed by atoms with E-state index in [4.69, 9.17) is 0 Å². The molecule has 3 aromatic carbocycles. The monoisotopic (exact) mass is 463 g/mol. The molecule has 2 atom stereocenters. The molecule has 3 aromatic rings. The Morgan fingerprint density at radius 2 is 1.58 bits per heavy atom. The summed E-state index contributed by atoms with van der Waals surface area (Å²) in [5, 5.41) is 6.18. The van der Waals surface area contributed by atoms with Crippen molar-refractivity contribution >= 4 is 15.9 Å². The van der Waals surface area contributed by atoms with Crippen LogP contribution in [0.2, 0.25) is 0 Å². The van der Waals surface area contributed by atoms with Gasteiger partial charge in [-0.2, -0.15) is 0 Å². The Morgan fingerprint density at radius 3 is 2.27 bits per heavy atom. The van der Waals surface area contributed by atoms with Crippen molar-refractivity contribution in [2.24, 2.45) is 5.92 Å². The van der Waals surface area contributed by atoms with Gasteiger partial charge in [-0.05, 0) is 42.2 Å². The first kappa shape index (κ1) is 23.2. The maximum absolute atomic E-state index is 12.8. The zero-order chi connectivity index (χ0) is 23.3. The summed E-state index contributed by atoms with van der Waals surface area (Å²) in [7, 11) is -3.63. The minimum atomic E-state index is -3.63. The number of sulfonamides is 1. The van der Waals surface area contributed by atoms with E-state index in [1.165, 1.54) is 0 Å². The molecule has 1 saturated heterocycles. The summed E-state index contributed by atoms with van der Waals surface area (Å²) in [6.45, 7) is 3.37. The van der Waals surface area contributed by atoms with Crippen molar-refractivity contribution in [2.45, 2.75) is 30.8 Å². The average Bonchev–Trinajstić information content (AvgIpc) is 2.83. The molecule has 4 rings (SSSR count). The van der Waals surface area contributed by atoms with Crippen LogP contribution in [0.15, 0.2) is 83.8 Å². The molecule has 0 bridgehead atoms. The Labute approximate surface area is 195 Å². The zero-order valence-electron chi connectivity index (χ0n) is 18.6. The third kappa shape index (κ3) is 6.07. The third-order valence-corrected chi connectivity index (χ3v) is 7.44. The Morgan fingerprint density at radius 1 is 0.909 bits per heavy atom. The maximum atomic E-state index is 12.8. The van der Waals surface area contributed by atoms with E-state index in [2.05, 4.69) is 39.6 Å². The molecule has 1 aliphatic rings. The Kier molecular flexibility index (Phi) is 7.23. The van der Waals surface area contributed by atoms with Crippen LogP contribution in [-0.4, -0.2) is 33.5 Å². The average molecular weight is 464 g/mol. The summed E-state index contributed by atoms with van der Waals surface area (Å²) in [5.74, 6) is -0.373. The van der Waals surface area contributed by atoms with Crippen molar-refractivity contribution in [3.8, 4) is 11.1 Å². The van der Waals surface area contributed by atoms with Gasteiger partial charge in [-0.1, -0.05) is 72.3 Å². The van der Waals surface area contributed by atoms with E-state index < -0.39 is 10.0 Å². The van der Waals surface area contributed by atoms with Crippen LogP contribution < -0.4 is 15.4 Å². The number of nitrogens with one attached hydrogen (secondary N) is 3. The maximum Gasteiger partial charge on any atom is 0.240 e. The van der Waals surface area contributed by atoms with Gasteiger partial charge in [0.2, 0.25) is 15.9 Å². The first-order valence-electron chi connectivity index (χ1n) is 11.1. The van der Waals surface area contributed by atoms with Crippen LogP contribution in [0.25, 0.3) is 11.1 Å². The number of carbonyl (C=O) groups excluding carboxylic acids is 1. The molecule has 0 aliphatic carbocycles. The van der Waals surface area contributed by atoms with Gasteiger partial charge in [0, 0.05) is 25.7 Å². The summed E-state index contributed by atoms with van der Waals surface area (Å²) in [6.07, 6.45) is 0.455. The highest BCUT2D eigenvalue weighted by atomic mass is 32.2. The number of hydrogen-bond acceptors (Lipinski definition) is 4. The van der Waals surface area contributed by atoms with Gasteiger partial charge < -0.3 is 10.6 Å². The SMILES string of the molecule is Cc1ccc(S(=O)(=O)N[C@H]2CNC[C@@H](C(=O)NCc3ccc(-c4ccccc4)cc3)C2)cc1. The number of hydrogen-bond donors (Lipinski definition) is 3. The minimum Gasteiger partial charge on any atom is -0.352 e. The first-order chi connectivity index (χ1) is 15.9.